The van der Waals surface area contributed by atoms with E-state index in [1.165, 1.54) is 38.1 Å². The number of rotatable bonds is 8. The number of aryl methyl sites for hydroxylation is 2. The number of hydrogen-bond acceptors (Lipinski definition) is 9. The van der Waals surface area contributed by atoms with Gasteiger partial charge in [0.1, 0.15) is 12.0 Å². The molecule has 0 amide bonds. The molecule has 2 heterocycles. The van der Waals surface area contributed by atoms with Crippen molar-refractivity contribution in [1.82, 2.24) is 9.97 Å². The summed E-state index contributed by atoms with van der Waals surface area (Å²) in [7, 11) is 3.06. The molecule has 0 aliphatic rings. The smallest absolute Gasteiger partial charge is 0.336 e. The maximum Gasteiger partial charge on any atom is 0.336 e. The molecule has 0 unspecified atom stereocenters. The number of hydrogen-bond donors (Lipinski definition) is 0. The van der Waals surface area contributed by atoms with Crippen LogP contribution < -0.4 is 19.6 Å². The van der Waals surface area contributed by atoms with Crippen molar-refractivity contribution in [2.24, 2.45) is 0 Å². The summed E-state index contributed by atoms with van der Waals surface area (Å²) in [6.45, 7) is 3.78. The Morgan fingerprint density at radius 3 is 2.41 bits per heavy atom. The highest BCUT2D eigenvalue weighted by molar-refractivity contribution is 7.98. The number of carbonyl (C=O) groups is 1. The van der Waals surface area contributed by atoms with Crippen molar-refractivity contribution in [3.05, 3.63) is 75.6 Å². The highest BCUT2D eigenvalue weighted by Crippen LogP contribution is 2.28. The third kappa shape index (κ3) is 6.21. The van der Waals surface area contributed by atoms with E-state index in [1.807, 2.05) is 19.9 Å². The van der Waals surface area contributed by atoms with Crippen LogP contribution in [0, 0.1) is 13.8 Å². The molecule has 9 heteroatoms. The molecule has 0 bridgehead atoms. The molecule has 1 aromatic carbocycles. The maximum absolute atomic E-state index is 12.3. The number of esters is 1. The SMILES string of the molecule is COc1ccc(/C=C/C(=O)Oc2coc(CSc3nc(C)cc(C)n3)cc2=O)cc1OC. The fourth-order valence-electron chi connectivity index (χ4n) is 2.75. The zero-order valence-electron chi connectivity index (χ0n) is 18.1. The minimum absolute atomic E-state index is 0.191. The molecule has 0 atom stereocenters. The molecule has 166 valence electrons. The van der Waals surface area contributed by atoms with Gasteiger partial charge in [-0.3, -0.25) is 4.79 Å². The van der Waals surface area contributed by atoms with Gasteiger partial charge >= 0.3 is 5.97 Å². The van der Waals surface area contributed by atoms with Crippen molar-refractivity contribution >= 4 is 23.8 Å². The molecule has 0 N–H and O–H groups in total. The number of thioether (sulfide) groups is 1. The van der Waals surface area contributed by atoms with E-state index in [4.69, 9.17) is 18.6 Å². The van der Waals surface area contributed by atoms with Gasteiger partial charge in [-0.15, -0.1) is 0 Å². The van der Waals surface area contributed by atoms with Gasteiger partial charge in [-0.05, 0) is 43.7 Å². The van der Waals surface area contributed by atoms with Crippen LogP contribution in [-0.4, -0.2) is 30.2 Å². The van der Waals surface area contributed by atoms with Crippen molar-refractivity contribution in [2.45, 2.75) is 24.8 Å². The molecule has 0 aliphatic heterocycles. The van der Waals surface area contributed by atoms with Crippen LogP contribution in [0.25, 0.3) is 6.08 Å². The zero-order chi connectivity index (χ0) is 23.1. The van der Waals surface area contributed by atoms with Gasteiger partial charge in [-0.25, -0.2) is 14.8 Å². The van der Waals surface area contributed by atoms with E-state index in [0.717, 1.165) is 17.7 Å². The van der Waals surface area contributed by atoms with Gasteiger partial charge in [0.25, 0.3) is 0 Å². The quantitative estimate of drug-likeness (QED) is 0.216. The summed E-state index contributed by atoms with van der Waals surface area (Å²) < 4.78 is 20.9. The normalized spacial score (nSPS) is 10.9. The average Bonchev–Trinajstić information content (AvgIpc) is 2.77. The van der Waals surface area contributed by atoms with E-state index in [0.29, 0.717) is 33.7 Å². The van der Waals surface area contributed by atoms with Crippen LogP contribution in [0.4, 0.5) is 0 Å². The molecule has 0 saturated carbocycles. The lowest BCUT2D eigenvalue weighted by Crippen LogP contribution is -2.12. The Morgan fingerprint density at radius 2 is 1.75 bits per heavy atom. The predicted octanol–water partition coefficient (Wildman–Crippen LogP) is 3.97. The predicted molar refractivity (Wildman–Crippen MR) is 120 cm³/mol. The summed E-state index contributed by atoms with van der Waals surface area (Å²) in [6, 6.07) is 8.36. The standard InChI is InChI=1S/C23H22N2O6S/c1-14-9-15(2)25-23(24-14)32-13-17-11-18(26)21(12-30-17)31-22(27)8-6-16-5-7-19(28-3)20(10-16)29-4/h5-12H,13H2,1-4H3/b8-6+. The van der Waals surface area contributed by atoms with Crippen LogP contribution in [0.5, 0.6) is 17.2 Å². The Kier molecular flexibility index (Phi) is 7.67. The molecule has 0 radical (unpaired) electrons. The topological polar surface area (TPSA) is 101 Å². The average molecular weight is 455 g/mol. The fraction of sp³-hybridized carbons (Fsp3) is 0.217. The highest BCUT2D eigenvalue weighted by atomic mass is 32.2. The van der Waals surface area contributed by atoms with Crippen LogP contribution in [0.3, 0.4) is 0 Å². The first-order chi connectivity index (χ1) is 15.4. The van der Waals surface area contributed by atoms with Gasteiger partial charge in [-0.2, -0.15) is 0 Å². The van der Waals surface area contributed by atoms with Crippen molar-refractivity contribution in [1.29, 1.82) is 0 Å². The van der Waals surface area contributed by atoms with Gasteiger partial charge in [0.2, 0.25) is 11.2 Å². The summed E-state index contributed by atoms with van der Waals surface area (Å²) in [5.41, 5.74) is 1.98. The molecule has 8 nitrogen and oxygen atoms in total. The van der Waals surface area contributed by atoms with Gasteiger partial charge < -0.3 is 18.6 Å². The largest absolute Gasteiger partial charge is 0.493 e. The van der Waals surface area contributed by atoms with E-state index < -0.39 is 11.4 Å². The van der Waals surface area contributed by atoms with Crippen molar-refractivity contribution in [3.8, 4) is 17.2 Å². The first-order valence-electron chi connectivity index (χ1n) is 9.56. The van der Waals surface area contributed by atoms with Gasteiger partial charge in [0.05, 0.1) is 20.0 Å². The van der Waals surface area contributed by atoms with Crippen LogP contribution in [-0.2, 0) is 10.5 Å². The first kappa shape index (κ1) is 23.1. The molecule has 0 aliphatic carbocycles. The minimum Gasteiger partial charge on any atom is -0.493 e. The number of aromatic nitrogens is 2. The molecule has 3 aromatic rings. The Bertz CT molecular complexity index is 1190. The van der Waals surface area contributed by atoms with Gasteiger partial charge in [-0.1, -0.05) is 17.8 Å². The lowest BCUT2D eigenvalue weighted by molar-refractivity contribution is -0.129. The zero-order valence-corrected chi connectivity index (χ0v) is 18.9. The minimum atomic E-state index is -0.710. The van der Waals surface area contributed by atoms with E-state index in [2.05, 4.69) is 9.97 Å². The number of ether oxygens (including phenoxy) is 3. The number of methoxy groups -OCH3 is 2. The van der Waals surface area contributed by atoms with E-state index >= 15 is 0 Å². The van der Waals surface area contributed by atoms with Crippen molar-refractivity contribution in [3.63, 3.8) is 0 Å². The fourth-order valence-corrected chi connectivity index (χ4v) is 3.59. The number of benzene rings is 1. The summed E-state index contributed by atoms with van der Waals surface area (Å²) in [5.74, 6) is 0.992. The number of carbonyl (C=O) groups excluding carboxylic acids is 1. The molecule has 0 spiro atoms. The van der Waals surface area contributed by atoms with Crippen LogP contribution >= 0.6 is 11.8 Å². The Balaban J connectivity index is 1.62. The molecular weight excluding hydrogens is 432 g/mol. The van der Waals surface area contributed by atoms with Crippen molar-refractivity contribution < 1.29 is 23.4 Å². The van der Waals surface area contributed by atoms with Crippen LogP contribution in [0.15, 0.2) is 57.0 Å². The summed E-state index contributed by atoms with van der Waals surface area (Å²) >= 11 is 1.35. The van der Waals surface area contributed by atoms with Gasteiger partial charge in [0.15, 0.2) is 16.7 Å². The molecule has 32 heavy (non-hydrogen) atoms. The Hall–Kier alpha value is -3.59. The second-order valence-corrected chi connectivity index (χ2v) is 7.61. The summed E-state index contributed by atoms with van der Waals surface area (Å²) in [4.78, 5) is 33.1. The van der Waals surface area contributed by atoms with E-state index in [1.54, 1.807) is 24.3 Å². The first-order valence-corrected chi connectivity index (χ1v) is 10.5. The van der Waals surface area contributed by atoms with Crippen LogP contribution in [0.2, 0.25) is 0 Å². The number of nitrogens with zero attached hydrogens (tertiary/aromatic N) is 2. The van der Waals surface area contributed by atoms with Crippen LogP contribution in [0.1, 0.15) is 22.7 Å². The monoisotopic (exact) mass is 454 g/mol. The molecule has 3 rings (SSSR count). The highest BCUT2D eigenvalue weighted by Gasteiger charge is 2.10. The second kappa shape index (κ2) is 10.6. The summed E-state index contributed by atoms with van der Waals surface area (Å²) in [6.07, 6.45) is 3.88. The van der Waals surface area contributed by atoms with Crippen molar-refractivity contribution in [2.75, 3.05) is 14.2 Å². The Morgan fingerprint density at radius 1 is 1.03 bits per heavy atom. The summed E-state index contributed by atoms with van der Waals surface area (Å²) in [5, 5.41) is 0.598. The van der Waals surface area contributed by atoms with E-state index in [9.17, 15) is 9.59 Å². The molecule has 2 aromatic heterocycles. The lowest BCUT2D eigenvalue weighted by atomic mass is 10.2. The molecule has 0 saturated heterocycles. The van der Waals surface area contributed by atoms with Gasteiger partial charge in [0, 0.05) is 23.5 Å². The lowest BCUT2D eigenvalue weighted by Gasteiger charge is -2.07. The third-order valence-corrected chi connectivity index (χ3v) is 5.06. The third-order valence-electron chi connectivity index (χ3n) is 4.19. The molecule has 0 fully saturated rings. The van der Waals surface area contributed by atoms with E-state index in [-0.39, 0.29) is 5.75 Å². The second-order valence-electron chi connectivity index (χ2n) is 6.67. The maximum atomic E-state index is 12.3. The molecular formula is C23H22N2O6S. The Labute approximate surface area is 189 Å².